The van der Waals surface area contributed by atoms with Crippen LogP contribution in [0.15, 0.2) is 108 Å². The highest BCUT2D eigenvalue weighted by Gasteiger charge is 2.32. The molecular formula is C36H41N3O5S. The van der Waals surface area contributed by atoms with Crippen molar-refractivity contribution in [2.75, 3.05) is 10.8 Å². The topological polar surface area (TPSA) is 96.0 Å². The second kappa shape index (κ2) is 14.9. The molecule has 0 unspecified atom stereocenters. The van der Waals surface area contributed by atoms with Gasteiger partial charge in [-0.05, 0) is 88.2 Å². The first-order valence-electron chi connectivity index (χ1n) is 15.1. The minimum atomic E-state index is -4.17. The summed E-state index contributed by atoms with van der Waals surface area (Å²) in [6.45, 7) is 9.00. The molecule has 236 valence electrons. The fourth-order valence-corrected chi connectivity index (χ4v) is 6.02. The molecule has 9 heteroatoms. The van der Waals surface area contributed by atoms with Gasteiger partial charge in [0.1, 0.15) is 24.1 Å². The molecule has 0 fully saturated rings. The maximum atomic E-state index is 14.2. The summed E-state index contributed by atoms with van der Waals surface area (Å²) in [6, 6.07) is 29.1. The van der Waals surface area contributed by atoms with Crippen LogP contribution in [0.3, 0.4) is 0 Å². The van der Waals surface area contributed by atoms with Crippen molar-refractivity contribution < 1.29 is 22.7 Å². The van der Waals surface area contributed by atoms with E-state index in [1.807, 2.05) is 82.3 Å². The smallest absolute Gasteiger partial charge is 0.264 e. The Morgan fingerprint density at radius 2 is 1.33 bits per heavy atom. The summed E-state index contributed by atoms with van der Waals surface area (Å²) in [5.41, 5.74) is 3.09. The third-order valence-corrected chi connectivity index (χ3v) is 9.42. The van der Waals surface area contributed by atoms with Gasteiger partial charge in [-0.25, -0.2) is 8.42 Å². The molecular weight excluding hydrogens is 586 g/mol. The van der Waals surface area contributed by atoms with Crippen LogP contribution in [0.1, 0.15) is 43.9 Å². The standard InChI is InChI=1S/C36H41N3O5S/c1-6-28(4)37-36(41)29(5)38(24-30-16-12-26(2)13-17-30)35(40)25-39(45(42,43)34-22-14-27(3)15-23-34)31-18-20-33(21-19-31)44-32-10-8-7-9-11-32/h7-23,28-29H,6,24-25H2,1-5H3,(H,37,41)/t28-,29+/m1/s1. The van der Waals surface area contributed by atoms with Crippen LogP contribution in [0.5, 0.6) is 11.5 Å². The molecule has 4 aromatic rings. The molecule has 4 rings (SSSR count). The second-order valence-electron chi connectivity index (χ2n) is 11.2. The first-order valence-corrected chi connectivity index (χ1v) is 16.5. The van der Waals surface area contributed by atoms with Gasteiger partial charge in [0.25, 0.3) is 10.0 Å². The lowest BCUT2D eigenvalue weighted by Crippen LogP contribution is -2.52. The molecule has 1 N–H and O–H groups in total. The summed E-state index contributed by atoms with van der Waals surface area (Å²) >= 11 is 0. The van der Waals surface area contributed by atoms with Crippen LogP contribution >= 0.6 is 0 Å². The molecule has 0 heterocycles. The molecule has 4 aromatic carbocycles. The maximum absolute atomic E-state index is 14.2. The first kappa shape index (κ1) is 33.3. The Labute approximate surface area is 266 Å². The van der Waals surface area contributed by atoms with Crippen molar-refractivity contribution in [2.24, 2.45) is 0 Å². The average molecular weight is 628 g/mol. The lowest BCUT2D eigenvalue weighted by Gasteiger charge is -2.32. The Morgan fingerprint density at radius 1 is 0.778 bits per heavy atom. The van der Waals surface area contributed by atoms with Crippen molar-refractivity contribution in [1.29, 1.82) is 0 Å². The summed E-state index contributed by atoms with van der Waals surface area (Å²) in [6.07, 6.45) is 0.733. The van der Waals surface area contributed by atoms with E-state index in [4.69, 9.17) is 4.74 Å². The highest BCUT2D eigenvalue weighted by atomic mass is 32.2. The zero-order valence-electron chi connectivity index (χ0n) is 26.4. The quantitative estimate of drug-likeness (QED) is 0.180. The average Bonchev–Trinajstić information content (AvgIpc) is 3.04. The van der Waals surface area contributed by atoms with E-state index in [9.17, 15) is 18.0 Å². The minimum Gasteiger partial charge on any atom is -0.457 e. The Kier molecular flexibility index (Phi) is 11.0. The molecule has 0 spiro atoms. The number of carbonyl (C=O) groups excluding carboxylic acids is 2. The number of hydrogen-bond donors (Lipinski definition) is 1. The number of rotatable bonds is 13. The number of anilines is 1. The van der Waals surface area contributed by atoms with Gasteiger partial charge >= 0.3 is 0 Å². The third-order valence-electron chi connectivity index (χ3n) is 7.63. The van der Waals surface area contributed by atoms with E-state index in [0.717, 1.165) is 27.4 Å². The SMILES string of the molecule is CC[C@@H](C)NC(=O)[C@H](C)N(Cc1ccc(C)cc1)C(=O)CN(c1ccc(Oc2ccccc2)cc1)S(=O)(=O)c1ccc(C)cc1. The first-order chi connectivity index (χ1) is 21.5. The van der Waals surface area contributed by atoms with Crippen LogP contribution in [-0.2, 0) is 26.2 Å². The Morgan fingerprint density at radius 3 is 1.91 bits per heavy atom. The highest BCUT2D eigenvalue weighted by Crippen LogP contribution is 2.29. The van der Waals surface area contributed by atoms with Gasteiger partial charge in [0.2, 0.25) is 11.8 Å². The molecule has 0 saturated heterocycles. The summed E-state index contributed by atoms with van der Waals surface area (Å²) in [7, 11) is -4.17. The number of nitrogens with zero attached hydrogens (tertiary/aromatic N) is 2. The monoisotopic (exact) mass is 627 g/mol. The number of carbonyl (C=O) groups is 2. The second-order valence-corrected chi connectivity index (χ2v) is 13.1. The number of nitrogens with one attached hydrogen (secondary N) is 1. The fourth-order valence-electron chi connectivity index (χ4n) is 4.61. The number of benzene rings is 4. The van der Waals surface area contributed by atoms with E-state index in [1.165, 1.54) is 17.0 Å². The van der Waals surface area contributed by atoms with E-state index in [1.54, 1.807) is 43.3 Å². The van der Waals surface area contributed by atoms with Gasteiger partial charge in [-0.1, -0.05) is 72.6 Å². The molecule has 0 aliphatic carbocycles. The highest BCUT2D eigenvalue weighted by molar-refractivity contribution is 7.92. The Hall–Kier alpha value is -4.63. The number of para-hydroxylation sites is 1. The summed E-state index contributed by atoms with van der Waals surface area (Å²) in [5, 5.41) is 2.95. The van der Waals surface area contributed by atoms with Crippen molar-refractivity contribution in [3.05, 3.63) is 120 Å². The van der Waals surface area contributed by atoms with E-state index < -0.39 is 28.5 Å². The van der Waals surface area contributed by atoms with E-state index >= 15 is 0 Å². The molecule has 8 nitrogen and oxygen atoms in total. The minimum absolute atomic E-state index is 0.0539. The van der Waals surface area contributed by atoms with Crippen molar-refractivity contribution in [1.82, 2.24) is 10.2 Å². The Balaban J connectivity index is 1.70. The van der Waals surface area contributed by atoms with Crippen LogP contribution < -0.4 is 14.4 Å². The van der Waals surface area contributed by atoms with Gasteiger partial charge in [0.05, 0.1) is 10.6 Å². The van der Waals surface area contributed by atoms with Gasteiger partial charge in [-0.3, -0.25) is 13.9 Å². The van der Waals surface area contributed by atoms with Crippen LogP contribution in [0.4, 0.5) is 5.69 Å². The largest absolute Gasteiger partial charge is 0.457 e. The van der Waals surface area contributed by atoms with E-state index in [0.29, 0.717) is 11.5 Å². The molecule has 0 aliphatic rings. The van der Waals surface area contributed by atoms with E-state index in [2.05, 4.69) is 5.32 Å². The van der Waals surface area contributed by atoms with Crippen LogP contribution in [0, 0.1) is 13.8 Å². The zero-order valence-corrected chi connectivity index (χ0v) is 27.3. The summed E-state index contributed by atoms with van der Waals surface area (Å²) in [4.78, 5) is 28.9. The molecule has 0 saturated carbocycles. The van der Waals surface area contributed by atoms with Crippen molar-refractivity contribution in [3.63, 3.8) is 0 Å². The van der Waals surface area contributed by atoms with E-state index in [-0.39, 0.29) is 29.1 Å². The van der Waals surface area contributed by atoms with Crippen molar-refractivity contribution >= 4 is 27.5 Å². The van der Waals surface area contributed by atoms with Crippen molar-refractivity contribution in [2.45, 2.75) is 64.6 Å². The predicted octanol–water partition coefficient (Wildman–Crippen LogP) is 6.62. The molecule has 0 radical (unpaired) electrons. The fraction of sp³-hybridized carbons (Fsp3) is 0.278. The Bertz CT molecular complexity index is 1670. The molecule has 0 aliphatic heterocycles. The normalized spacial score (nSPS) is 12.6. The van der Waals surface area contributed by atoms with Crippen LogP contribution in [0.25, 0.3) is 0 Å². The molecule has 45 heavy (non-hydrogen) atoms. The molecule has 2 atom stereocenters. The molecule has 0 bridgehead atoms. The van der Waals surface area contributed by atoms with Gasteiger partial charge in [-0.15, -0.1) is 0 Å². The molecule has 2 amide bonds. The van der Waals surface area contributed by atoms with Crippen LogP contribution in [0.2, 0.25) is 0 Å². The lowest BCUT2D eigenvalue weighted by molar-refractivity contribution is -0.139. The van der Waals surface area contributed by atoms with Gasteiger partial charge in [-0.2, -0.15) is 0 Å². The van der Waals surface area contributed by atoms with Crippen LogP contribution in [-0.4, -0.2) is 43.8 Å². The number of amides is 2. The van der Waals surface area contributed by atoms with Gasteiger partial charge in [0.15, 0.2) is 0 Å². The number of hydrogen-bond acceptors (Lipinski definition) is 5. The van der Waals surface area contributed by atoms with Gasteiger partial charge in [0, 0.05) is 12.6 Å². The number of aryl methyl sites for hydroxylation is 2. The number of sulfonamides is 1. The third kappa shape index (κ3) is 8.73. The maximum Gasteiger partial charge on any atom is 0.264 e. The summed E-state index contributed by atoms with van der Waals surface area (Å²) in [5.74, 6) is 0.337. The predicted molar refractivity (Wildman–Crippen MR) is 178 cm³/mol. The zero-order chi connectivity index (χ0) is 32.6. The van der Waals surface area contributed by atoms with Gasteiger partial charge < -0.3 is 15.0 Å². The number of ether oxygens (including phenoxy) is 1. The summed E-state index contributed by atoms with van der Waals surface area (Å²) < 4.78 is 35.2. The lowest BCUT2D eigenvalue weighted by atomic mass is 10.1. The van der Waals surface area contributed by atoms with Crippen molar-refractivity contribution in [3.8, 4) is 11.5 Å². The molecule has 0 aromatic heterocycles.